The van der Waals surface area contributed by atoms with Gasteiger partial charge >= 0.3 is 0 Å². The van der Waals surface area contributed by atoms with Crippen LogP contribution in [0.4, 0.5) is 0 Å². The van der Waals surface area contributed by atoms with Crippen LogP contribution in [-0.2, 0) is 4.79 Å². The Balaban J connectivity index is 1.98. The van der Waals surface area contributed by atoms with E-state index in [9.17, 15) is 15.0 Å². The molecule has 158 valence electrons. The molecule has 0 radical (unpaired) electrons. The van der Waals surface area contributed by atoms with E-state index in [0.29, 0.717) is 35.7 Å². The Bertz CT molecular complexity index is 931. The molecule has 6 heteroatoms. The fraction of sp³-hybridized carbons (Fsp3) is 0.292. The van der Waals surface area contributed by atoms with E-state index in [-0.39, 0.29) is 23.3 Å². The van der Waals surface area contributed by atoms with Gasteiger partial charge in [-0.3, -0.25) is 9.69 Å². The van der Waals surface area contributed by atoms with Crippen LogP contribution in [0.3, 0.4) is 0 Å². The van der Waals surface area contributed by atoms with Crippen molar-refractivity contribution in [2.75, 3.05) is 27.3 Å². The maximum Gasteiger partial charge on any atom is 0.187 e. The van der Waals surface area contributed by atoms with E-state index >= 15 is 0 Å². The van der Waals surface area contributed by atoms with Crippen molar-refractivity contribution in [2.45, 2.75) is 19.9 Å². The molecular weight excluding hydrogens is 382 g/mol. The van der Waals surface area contributed by atoms with Crippen LogP contribution in [0.1, 0.15) is 25.0 Å². The van der Waals surface area contributed by atoms with Crippen molar-refractivity contribution < 1.29 is 24.5 Å². The maximum atomic E-state index is 13.2. The fourth-order valence-corrected chi connectivity index (χ4v) is 3.43. The molecule has 1 saturated heterocycles. The molecule has 2 aromatic rings. The number of likely N-dealkylation sites (tertiary alicyclic amines) is 1. The van der Waals surface area contributed by atoms with Gasteiger partial charge in [0.05, 0.1) is 14.2 Å². The molecule has 1 fully saturated rings. The molecule has 30 heavy (non-hydrogen) atoms. The number of phenols is 2. The number of ether oxygens (including phenoxy) is 2. The smallest absolute Gasteiger partial charge is 0.187 e. The van der Waals surface area contributed by atoms with Crippen LogP contribution in [0, 0.1) is 0 Å². The van der Waals surface area contributed by atoms with E-state index in [0.717, 1.165) is 11.1 Å². The molecular formula is C24H27NO5. The number of ketones is 1. The van der Waals surface area contributed by atoms with Gasteiger partial charge in [0.25, 0.3) is 0 Å². The number of phenolic OH excluding ortho intramolecular Hbond substituents is 2. The number of Topliss-reactive ketones (excluding diaryl/α,β-unsaturated/α-hetero) is 1. The minimum Gasteiger partial charge on any atom is -0.504 e. The predicted molar refractivity (Wildman–Crippen MR) is 117 cm³/mol. The lowest BCUT2D eigenvalue weighted by Gasteiger charge is -2.32. The average molecular weight is 409 g/mol. The van der Waals surface area contributed by atoms with Crippen LogP contribution in [0.5, 0.6) is 23.0 Å². The fourth-order valence-electron chi connectivity index (χ4n) is 3.43. The number of methoxy groups -OCH3 is 2. The van der Waals surface area contributed by atoms with Crippen LogP contribution in [0.15, 0.2) is 47.5 Å². The minimum absolute atomic E-state index is 0.0281. The van der Waals surface area contributed by atoms with Gasteiger partial charge in [-0.1, -0.05) is 12.1 Å². The quantitative estimate of drug-likeness (QED) is 0.730. The average Bonchev–Trinajstić information content (AvgIpc) is 2.71. The van der Waals surface area contributed by atoms with Gasteiger partial charge in [0, 0.05) is 30.3 Å². The summed E-state index contributed by atoms with van der Waals surface area (Å²) in [5, 5.41) is 20.1. The minimum atomic E-state index is -0.0440. The van der Waals surface area contributed by atoms with Crippen molar-refractivity contribution in [3.63, 3.8) is 0 Å². The summed E-state index contributed by atoms with van der Waals surface area (Å²) >= 11 is 0. The Morgan fingerprint density at radius 3 is 1.63 bits per heavy atom. The summed E-state index contributed by atoms with van der Waals surface area (Å²) in [5.41, 5.74) is 2.74. The van der Waals surface area contributed by atoms with Crippen LogP contribution in [0.2, 0.25) is 0 Å². The number of hydrogen-bond donors (Lipinski definition) is 2. The molecule has 1 heterocycles. The second-order valence-corrected chi connectivity index (χ2v) is 7.53. The Hall–Kier alpha value is -3.25. The molecule has 0 aliphatic carbocycles. The Morgan fingerprint density at radius 1 is 0.867 bits per heavy atom. The summed E-state index contributed by atoms with van der Waals surface area (Å²) in [7, 11) is 2.98. The van der Waals surface area contributed by atoms with E-state index in [2.05, 4.69) is 18.7 Å². The number of nitrogens with zero attached hydrogens (tertiary/aromatic N) is 1. The third kappa shape index (κ3) is 4.66. The number of carbonyl (C=O) groups is 1. The van der Waals surface area contributed by atoms with Gasteiger partial charge in [0.15, 0.2) is 28.8 Å². The first-order valence-electron chi connectivity index (χ1n) is 9.76. The van der Waals surface area contributed by atoms with Gasteiger partial charge in [-0.15, -0.1) is 0 Å². The molecule has 6 nitrogen and oxygen atoms in total. The molecule has 0 saturated carbocycles. The highest BCUT2D eigenvalue weighted by Crippen LogP contribution is 2.30. The SMILES string of the molecule is COc1ccc(C=C2CN(C(C)C)CC(=Cc3ccc(OC)c(O)c3)C2=O)cc1O. The molecule has 0 aromatic heterocycles. The monoisotopic (exact) mass is 409 g/mol. The number of aromatic hydroxyl groups is 2. The van der Waals surface area contributed by atoms with Crippen molar-refractivity contribution in [1.82, 2.24) is 4.90 Å². The Morgan fingerprint density at radius 2 is 1.30 bits per heavy atom. The van der Waals surface area contributed by atoms with Crippen LogP contribution < -0.4 is 9.47 Å². The second kappa shape index (κ2) is 9.05. The zero-order valence-corrected chi connectivity index (χ0v) is 17.7. The lowest BCUT2D eigenvalue weighted by atomic mass is 9.93. The van der Waals surface area contributed by atoms with Crippen LogP contribution in [0.25, 0.3) is 12.2 Å². The number of benzene rings is 2. The first-order valence-corrected chi connectivity index (χ1v) is 9.76. The van der Waals surface area contributed by atoms with E-state index in [1.54, 1.807) is 48.6 Å². The van der Waals surface area contributed by atoms with E-state index < -0.39 is 0 Å². The highest BCUT2D eigenvalue weighted by atomic mass is 16.5. The summed E-state index contributed by atoms with van der Waals surface area (Å²) < 4.78 is 10.2. The van der Waals surface area contributed by atoms with Gasteiger partial charge in [0.1, 0.15) is 0 Å². The predicted octanol–water partition coefficient (Wildman–Crippen LogP) is 3.88. The van der Waals surface area contributed by atoms with Gasteiger partial charge in [-0.05, 0) is 61.4 Å². The Kier molecular flexibility index (Phi) is 6.47. The lowest BCUT2D eigenvalue weighted by molar-refractivity contribution is -0.113. The molecule has 0 spiro atoms. The Labute approximate surface area is 176 Å². The van der Waals surface area contributed by atoms with Crippen LogP contribution >= 0.6 is 0 Å². The highest BCUT2D eigenvalue weighted by molar-refractivity contribution is 6.14. The van der Waals surface area contributed by atoms with Crippen molar-refractivity contribution in [2.24, 2.45) is 0 Å². The summed E-state index contributed by atoms with van der Waals surface area (Å²) in [6, 6.07) is 10.4. The first kappa shape index (κ1) is 21.5. The molecule has 3 rings (SSSR count). The van der Waals surface area contributed by atoms with Gasteiger partial charge < -0.3 is 19.7 Å². The third-order valence-corrected chi connectivity index (χ3v) is 5.15. The molecule has 2 aromatic carbocycles. The topological polar surface area (TPSA) is 79.2 Å². The maximum absolute atomic E-state index is 13.2. The lowest BCUT2D eigenvalue weighted by Crippen LogP contribution is -2.41. The summed E-state index contributed by atoms with van der Waals surface area (Å²) in [5.74, 6) is 0.782. The van der Waals surface area contributed by atoms with Gasteiger partial charge in [-0.2, -0.15) is 0 Å². The number of hydrogen-bond acceptors (Lipinski definition) is 6. The molecule has 0 atom stereocenters. The van der Waals surface area contributed by atoms with E-state index in [1.165, 1.54) is 14.2 Å². The molecule has 0 unspecified atom stereocenters. The zero-order valence-electron chi connectivity index (χ0n) is 17.7. The van der Waals surface area contributed by atoms with Crippen molar-refractivity contribution in [1.29, 1.82) is 0 Å². The molecule has 2 N–H and O–H groups in total. The van der Waals surface area contributed by atoms with E-state index in [1.807, 2.05) is 0 Å². The van der Waals surface area contributed by atoms with Crippen molar-refractivity contribution in [3.8, 4) is 23.0 Å². The third-order valence-electron chi connectivity index (χ3n) is 5.15. The number of piperidine rings is 1. The first-order chi connectivity index (χ1) is 14.3. The number of rotatable bonds is 5. The standard InChI is InChI=1S/C24H27NO5/c1-15(2)25-13-18(9-16-5-7-22(29-3)20(26)11-16)24(28)19(14-25)10-17-6-8-23(30-4)21(27)12-17/h5-12,15,26-27H,13-14H2,1-4H3. The normalized spacial score (nSPS) is 17.7. The largest absolute Gasteiger partial charge is 0.504 e. The van der Waals surface area contributed by atoms with E-state index in [4.69, 9.17) is 9.47 Å². The highest BCUT2D eigenvalue weighted by Gasteiger charge is 2.27. The molecule has 0 bridgehead atoms. The molecule has 0 amide bonds. The summed E-state index contributed by atoms with van der Waals surface area (Å²) in [6.07, 6.45) is 3.60. The number of carbonyl (C=O) groups excluding carboxylic acids is 1. The van der Waals surface area contributed by atoms with Crippen molar-refractivity contribution >= 4 is 17.9 Å². The molecule has 1 aliphatic heterocycles. The van der Waals surface area contributed by atoms with Gasteiger partial charge in [-0.25, -0.2) is 0 Å². The van der Waals surface area contributed by atoms with Crippen LogP contribution in [-0.4, -0.2) is 54.2 Å². The molecule has 1 aliphatic rings. The second-order valence-electron chi connectivity index (χ2n) is 7.53. The summed E-state index contributed by atoms with van der Waals surface area (Å²) in [6.45, 7) is 5.22. The van der Waals surface area contributed by atoms with Crippen molar-refractivity contribution in [3.05, 3.63) is 58.7 Å². The zero-order chi connectivity index (χ0) is 21.8. The van der Waals surface area contributed by atoms with Gasteiger partial charge in [0.2, 0.25) is 0 Å². The summed E-state index contributed by atoms with van der Waals surface area (Å²) in [4.78, 5) is 15.4.